The van der Waals surface area contributed by atoms with E-state index in [9.17, 15) is 9.59 Å². The highest BCUT2D eigenvalue weighted by Gasteiger charge is 2.06. The van der Waals surface area contributed by atoms with Crippen LogP contribution in [0.2, 0.25) is 0 Å². The van der Waals surface area contributed by atoms with Crippen LogP contribution in [0.25, 0.3) is 0 Å². The van der Waals surface area contributed by atoms with Gasteiger partial charge in [0.05, 0.1) is 16.8 Å². The van der Waals surface area contributed by atoms with E-state index in [1.807, 2.05) is 13.8 Å². The lowest BCUT2D eigenvalue weighted by atomic mass is 10.1. The molecule has 22 heavy (non-hydrogen) atoms. The van der Waals surface area contributed by atoms with Gasteiger partial charge in [0.2, 0.25) is 0 Å². The second-order valence-electron chi connectivity index (χ2n) is 4.84. The van der Waals surface area contributed by atoms with Crippen LogP contribution in [0.1, 0.15) is 43.4 Å². The van der Waals surface area contributed by atoms with Crippen molar-refractivity contribution in [3.05, 3.63) is 58.2 Å². The molecule has 0 aliphatic rings. The number of aromatic carboxylic acids is 2. The average Bonchev–Trinajstić information content (AvgIpc) is 2.38. The Kier molecular flexibility index (Phi) is 5.74. The van der Waals surface area contributed by atoms with Crippen molar-refractivity contribution in [1.82, 2.24) is 9.97 Å². The Morgan fingerprint density at radius 1 is 0.909 bits per heavy atom. The molecular formula is C16H18N2O4. The predicted octanol–water partition coefficient (Wildman–Crippen LogP) is 2.79. The van der Waals surface area contributed by atoms with Crippen LogP contribution in [0, 0.1) is 27.7 Å². The van der Waals surface area contributed by atoms with E-state index in [0.717, 1.165) is 17.0 Å². The summed E-state index contributed by atoms with van der Waals surface area (Å²) >= 11 is 0. The van der Waals surface area contributed by atoms with Crippen molar-refractivity contribution in [2.24, 2.45) is 0 Å². The van der Waals surface area contributed by atoms with Gasteiger partial charge in [-0.25, -0.2) is 9.59 Å². The zero-order chi connectivity index (χ0) is 16.9. The van der Waals surface area contributed by atoms with Gasteiger partial charge in [-0.1, -0.05) is 0 Å². The van der Waals surface area contributed by atoms with Crippen molar-refractivity contribution in [2.75, 3.05) is 0 Å². The third-order valence-electron chi connectivity index (χ3n) is 2.93. The summed E-state index contributed by atoms with van der Waals surface area (Å²) in [5.41, 5.74) is 3.55. The van der Waals surface area contributed by atoms with Crippen LogP contribution in [0.15, 0.2) is 24.4 Å². The molecule has 0 bridgehead atoms. The Balaban J connectivity index is 0.000000220. The standard InChI is InChI=1S/2C8H9NO2/c1-5-3-6(2)9-4-7(5)8(10)11;1-5-3-4-7(8(10)11)6(2)9-5/h2*3-4H,1-2H3,(H,10,11). The summed E-state index contributed by atoms with van der Waals surface area (Å²) in [5.74, 6) is -1.84. The van der Waals surface area contributed by atoms with Crippen LogP contribution in [-0.4, -0.2) is 32.1 Å². The van der Waals surface area contributed by atoms with E-state index in [2.05, 4.69) is 9.97 Å². The molecule has 0 amide bonds. The highest BCUT2D eigenvalue weighted by atomic mass is 16.4. The van der Waals surface area contributed by atoms with Gasteiger partial charge in [0.25, 0.3) is 0 Å². The zero-order valence-electron chi connectivity index (χ0n) is 12.9. The molecule has 0 aliphatic heterocycles. The maximum absolute atomic E-state index is 10.5. The molecule has 2 rings (SSSR count). The third-order valence-corrected chi connectivity index (χ3v) is 2.93. The van der Waals surface area contributed by atoms with Crippen molar-refractivity contribution in [1.29, 1.82) is 0 Å². The monoisotopic (exact) mass is 302 g/mol. The number of carboxylic acids is 2. The molecule has 0 saturated carbocycles. The van der Waals surface area contributed by atoms with Crippen LogP contribution in [-0.2, 0) is 0 Å². The molecule has 2 aromatic heterocycles. The van der Waals surface area contributed by atoms with E-state index in [4.69, 9.17) is 10.2 Å². The summed E-state index contributed by atoms with van der Waals surface area (Å²) in [5, 5.41) is 17.2. The first-order chi connectivity index (χ1) is 10.2. The molecule has 0 fully saturated rings. The van der Waals surface area contributed by atoms with Crippen LogP contribution in [0.5, 0.6) is 0 Å². The molecule has 0 unspecified atom stereocenters. The maximum Gasteiger partial charge on any atom is 0.337 e. The van der Waals surface area contributed by atoms with E-state index in [0.29, 0.717) is 5.69 Å². The lowest BCUT2D eigenvalue weighted by Gasteiger charge is -1.99. The lowest BCUT2D eigenvalue weighted by molar-refractivity contribution is 0.0684. The van der Waals surface area contributed by atoms with Gasteiger partial charge >= 0.3 is 11.9 Å². The number of hydrogen-bond acceptors (Lipinski definition) is 4. The van der Waals surface area contributed by atoms with Crippen LogP contribution in [0.4, 0.5) is 0 Å². The minimum Gasteiger partial charge on any atom is -0.478 e. The molecular weight excluding hydrogens is 284 g/mol. The molecule has 0 atom stereocenters. The summed E-state index contributed by atoms with van der Waals surface area (Å²) in [6, 6.07) is 5.01. The number of aryl methyl sites for hydroxylation is 4. The Morgan fingerprint density at radius 3 is 1.95 bits per heavy atom. The van der Waals surface area contributed by atoms with Gasteiger partial charge in [0.1, 0.15) is 0 Å². The average molecular weight is 302 g/mol. The zero-order valence-corrected chi connectivity index (χ0v) is 12.9. The third kappa shape index (κ3) is 4.66. The van der Waals surface area contributed by atoms with Crippen LogP contribution < -0.4 is 0 Å². The topological polar surface area (TPSA) is 100 Å². The Bertz CT molecular complexity index is 650. The van der Waals surface area contributed by atoms with Gasteiger partial charge in [0, 0.05) is 17.6 Å². The number of rotatable bonds is 2. The van der Waals surface area contributed by atoms with Crippen molar-refractivity contribution < 1.29 is 19.8 Å². The highest BCUT2D eigenvalue weighted by Crippen LogP contribution is 2.07. The van der Waals surface area contributed by atoms with Crippen molar-refractivity contribution in [2.45, 2.75) is 27.7 Å². The predicted molar refractivity (Wildman–Crippen MR) is 81.3 cm³/mol. The van der Waals surface area contributed by atoms with Crippen molar-refractivity contribution in [3.63, 3.8) is 0 Å². The molecule has 6 heteroatoms. The fraction of sp³-hybridized carbons (Fsp3) is 0.250. The minimum atomic E-state index is -0.921. The summed E-state index contributed by atoms with van der Waals surface area (Å²) < 4.78 is 0. The molecule has 6 nitrogen and oxygen atoms in total. The number of carbonyl (C=O) groups is 2. The summed E-state index contributed by atoms with van der Waals surface area (Å²) in [4.78, 5) is 28.9. The van der Waals surface area contributed by atoms with E-state index in [-0.39, 0.29) is 11.1 Å². The fourth-order valence-electron chi connectivity index (χ4n) is 1.83. The summed E-state index contributed by atoms with van der Waals surface area (Å²) in [6.07, 6.45) is 1.38. The quantitative estimate of drug-likeness (QED) is 0.884. The minimum absolute atomic E-state index is 0.274. The van der Waals surface area contributed by atoms with E-state index in [1.54, 1.807) is 32.0 Å². The van der Waals surface area contributed by atoms with E-state index < -0.39 is 11.9 Å². The lowest BCUT2D eigenvalue weighted by Crippen LogP contribution is -2.01. The van der Waals surface area contributed by atoms with Gasteiger partial charge in [-0.05, 0) is 51.5 Å². The number of carboxylic acid groups (broad SMARTS) is 2. The molecule has 2 heterocycles. The second-order valence-corrected chi connectivity index (χ2v) is 4.84. The maximum atomic E-state index is 10.5. The second kappa shape index (κ2) is 7.31. The van der Waals surface area contributed by atoms with Gasteiger partial charge in [0.15, 0.2) is 0 Å². The molecule has 0 aromatic carbocycles. The van der Waals surface area contributed by atoms with Gasteiger partial charge in [-0.15, -0.1) is 0 Å². The SMILES string of the molecule is Cc1cc(C)c(C(=O)O)cn1.Cc1ccc(C(=O)O)c(C)n1. The van der Waals surface area contributed by atoms with E-state index in [1.165, 1.54) is 6.20 Å². The first-order valence-electron chi connectivity index (χ1n) is 6.56. The van der Waals surface area contributed by atoms with Gasteiger partial charge < -0.3 is 10.2 Å². The Labute approximate surface area is 128 Å². The first-order valence-corrected chi connectivity index (χ1v) is 6.56. The first kappa shape index (κ1) is 17.3. The van der Waals surface area contributed by atoms with Gasteiger partial charge in [-0.3, -0.25) is 9.97 Å². The van der Waals surface area contributed by atoms with Crippen LogP contribution >= 0.6 is 0 Å². The smallest absolute Gasteiger partial charge is 0.337 e. The molecule has 0 radical (unpaired) electrons. The van der Waals surface area contributed by atoms with Crippen molar-refractivity contribution in [3.8, 4) is 0 Å². The molecule has 0 aliphatic carbocycles. The number of aromatic nitrogens is 2. The van der Waals surface area contributed by atoms with E-state index >= 15 is 0 Å². The number of nitrogens with zero attached hydrogens (tertiary/aromatic N) is 2. The molecule has 0 saturated heterocycles. The molecule has 0 spiro atoms. The largest absolute Gasteiger partial charge is 0.478 e. The summed E-state index contributed by atoms with van der Waals surface area (Å²) in [6.45, 7) is 7.12. The highest BCUT2D eigenvalue weighted by molar-refractivity contribution is 5.89. The molecule has 2 aromatic rings. The number of pyridine rings is 2. The normalized spacial score (nSPS) is 9.64. The summed E-state index contributed by atoms with van der Waals surface area (Å²) in [7, 11) is 0. The fourth-order valence-corrected chi connectivity index (χ4v) is 1.83. The molecule has 2 N–H and O–H groups in total. The Morgan fingerprint density at radius 2 is 1.50 bits per heavy atom. The molecule has 116 valence electrons. The van der Waals surface area contributed by atoms with Gasteiger partial charge in [-0.2, -0.15) is 0 Å². The number of hydrogen-bond donors (Lipinski definition) is 2. The Hall–Kier alpha value is -2.76. The van der Waals surface area contributed by atoms with Crippen molar-refractivity contribution >= 4 is 11.9 Å². The van der Waals surface area contributed by atoms with Crippen LogP contribution in [0.3, 0.4) is 0 Å².